The van der Waals surface area contributed by atoms with Gasteiger partial charge >= 0.3 is 0 Å². The molecule has 0 N–H and O–H groups in total. The minimum Gasteiger partial charge on any atom is -0.299 e. The Bertz CT molecular complexity index is 238. The van der Waals surface area contributed by atoms with Gasteiger partial charge in [-0.2, -0.15) is 0 Å². The van der Waals surface area contributed by atoms with Gasteiger partial charge in [-0.3, -0.25) is 4.79 Å². The van der Waals surface area contributed by atoms with E-state index < -0.39 is 0 Å². The van der Waals surface area contributed by atoms with E-state index in [1.807, 2.05) is 0 Å². The van der Waals surface area contributed by atoms with Crippen LogP contribution in [0.2, 0.25) is 0 Å². The van der Waals surface area contributed by atoms with Gasteiger partial charge in [0.25, 0.3) is 0 Å². The zero-order valence-corrected chi connectivity index (χ0v) is 8.22. The second-order valence-electron chi connectivity index (χ2n) is 5.29. The zero-order chi connectivity index (χ0) is 8.89. The molecule has 3 aliphatic carbocycles. The molecule has 0 aromatic rings. The molecule has 3 aliphatic rings. The maximum Gasteiger partial charge on any atom is 0.142 e. The van der Waals surface area contributed by atoms with Gasteiger partial charge in [-0.15, -0.1) is 0 Å². The number of hydrogen-bond donors (Lipinski definition) is 0. The quantitative estimate of drug-likeness (QED) is 0.557. The van der Waals surface area contributed by atoms with Crippen molar-refractivity contribution in [2.24, 2.45) is 17.3 Å². The van der Waals surface area contributed by atoms with E-state index in [1.165, 1.54) is 51.4 Å². The molecule has 1 spiro atoms. The van der Waals surface area contributed by atoms with E-state index in [2.05, 4.69) is 0 Å². The first-order chi connectivity index (χ1) is 6.33. The summed E-state index contributed by atoms with van der Waals surface area (Å²) in [6, 6.07) is 0. The van der Waals surface area contributed by atoms with Crippen LogP contribution < -0.4 is 0 Å². The Balaban J connectivity index is 1.92. The van der Waals surface area contributed by atoms with Crippen LogP contribution in [0.4, 0.5) is 0 Å². The summed E-state index contributed by atoms with van der Waals surface area (Å²) in [5.74, 6) is 1.96. The van der Waals surface area contributed by atoms with Crippen LogP contribution in [0.25, 0.3) is 0 Å². The Kier molecular flexibility index (Phi) is 1.59. The Morgan fingerprint density at radius 2 is 1.85 bits per heavy atom. The monoisotopic (exact) mass is 178 g/mol. The van der Waals surface area contributed by atoms with Crippen LogP contribution in [-0.2, 0) is 4.79 Å². The molecule has 3 rings (SSSR count). The minimum absolute atomic E-state index is 0.209. The molecule has 3 saturated carbocycles. The van der Waals surface area contributed by atoms with Crippen molar-refractivity contribution in [3.05, 3.63) is 0 Å². The Hall–Kier alpha value is -0.330. The fraction of sp³-hybridized carbons (Fsp3) is 0.917. The van der Waals surface area contributed by atoms with Gasteiger partial charge in [0.05, 0.1) is 0 Å². The molecule has 0 radical (unpaired) electrons. The Labute approximate surface area is 79.9 Å². The first-order valence-corrected chi connectivity index (χ1v) is 5.87. The number of carbonyl (C=O) groups excluding carboxylic acids is 1. The van der Waals surface area contributed by atoms with E-state index in [0.717, 1.165) is 5.92 Å². The highest BCUT2D eigenvalue weighted by Crippen LogP contribution is 2.59. The summed E-state index contributed by atoms with van der Waals surface area (Å²) < 4.78 is 0. The minimum atomic E-state index is 0.209. The first kappa shape index (κ1) is 8.02. The van der Waals surface area contributed by atoms with Gasteiger partial charge in [0.15, 0.2) is 0 Å². The van der Waals surface area contributed by atoms with Gasteiger partial charge in [-0.25, -0.2) is 0 Å². The van der Waals surface area contributed by atoms with Crippen molar-refractivity contribution in [2.75, 3.05) is 0 Å². The molecule has 1 heteroatoms. The summed E-state index contributed by atoms with van der Waals surface area (Å²) in [5.41, 5.74) is 0.209. The fourth-order valence-corrected chi connectivity index (χ4v) is 4.17. The van der Waals surface area contributed by atoms with Gasteiger partial charge < -0.3 is 0 Å². The summed E-state index contributed by atoms with van der Waals surface area (Å²) in [4.78, 5) is 12.1. The van der Waals surface area contributed by atoms with Crippen LogP contribution >= 0.6 is 0 Å². The van der Waals surface area contributed by atoms with E-state index in [1.54, 1.807) is 0 Å². The molecule has 0 aliphatic heterocycles. The second-order valence-corrected chi connectivity index (χ2v) is 5.29. The van der Waals surface area contributed by atoms with Gasteiger partial charge in [0, 0.05) is 11.3 Å². The second kappa shape index (κ2) is 2.59. The van der Waals surface area contributed by atoms with E-state index in [-0.39, 0.29) is 5.41 Å². The highest BCUT2D eigenvalue weighted by molar-refractivity contribution is 5.90. The molecule has 0 aromatic carbocycles. The van der Waals surface area contributed by atoms with Crippen molar-refractivity contribution >= 4 is 5.78 Å². The van der Waals surface area contributed by atoms with Crippen LogP contribution in [0.1, 0.15) is 51.4 Å². The van der Waals surface area contributed by atoms with Crippen LogP contribution in [0.15, 0.2) is 0 Å². The number of hydrogen-bond acceptors (Lipinski definition) is 1. The molecule has 0 saturated heterocycles. The first-order valence-electron chi connectivity index (χ1n) is 5.87. The van der Waals surface area contributed by atoms with E-state index in [9.17, 15) is 4.79 Å². The van der Waals surface area contributed by atoms with Crippen LogP contribution in [0, 0.1) is 17.3 Å². The molecule has 3 fully saturated rings. The van der Waals surface area contributed by atoms with Gasteiger partial charge in [0.1, 0.15) is 5.78 Å². The lowest BCUT2D eigenvalue weighted by molar-refractivity contribution is -0.134. The maximum atomic E-state index is 12.1. The van der Waals surface area contributed by atoms with Gasteiger partial charge in [-0.05, 0) is 38.0 Å². The SMILES string of the molecule is O=C1[C@@H]2CC[C@@H](C2)C12CCCCC2. The van der Waals surface area contributed by atoms with Crippen molar-refractivity contribution in [2.45, 2.75) is 51.4 Å². The maximum absolute atomic E-state index is 12.1. The molecule has 2 atom stereocenters. The van der Waals surface area contributed by atoms with Crippen molar-refractivity contribution in [1.29, 1.82) is 0 Å². The summed E-state index contributed by atoms with van der Waals surface area (Å²) in [7, 11) is 0. The summed E-state index contributed by atoms with van der Waals surface area (Å²) in [5, 5.41) is 0. The third-order valence-corrected chi connectivity index (χ3v) is 4.82. The normalized spacial score (nSPS) is 41.7. The molecule has 72 valence electrons. The van der Waals surface area contributed by atoms with Crippen molar-refractivity contribution in [3.8, 4) is 0 Å². The summed E-state index contributed by atoms with van der Waals surface area (Å²) in [6.45, 7) is 0. The lowest BCUT2D eigenvalue weighted by atomic mass is 9.64. The Morgan fingerprint density at radius 3 is 2.46 bits per heavy atom. The lowest BCUT2D eigenvalue weighted by Gasteiger charge is -2.39. The topological polar surface area (TPSA) is 17.1 Å². The third kappa shape index (κ3) is 0.908. The Morgan fingerprint density at radius 1 is 1.08 bits per heavy atom. The molecule has 13 heavy (non-hydrogen) atoms. The number of rotatable bonds is 0. The van der Waals surface area contributed by atoms with Crippen molar-refractivity contribution in [3.63, 3.8) is 0 Å². The number of carbonyl (C=O) groups is 1. The van der Waals surface area contributed by atoms with E-state index in [4.69, 9.17) is 0 Å². The number of Topliss-reactive ketones (excluding diaryl/α,β-unsaturated/α-hetero) is 1. The average Bonchev–Trinajstić information content (AvgIpc) is 2.73. The standard InChI is InChI=1S/C12H18O/c13-11-9-4-5-10(8-9)12(11)6-2-1-3-7-12/h9-10H,1-8H2/t9-,10+/m1/s1. The van der Waals surface area contributed by atoms with Crippen LogP contribution in [0.5, 0.6) is 0 Å². The lowest BCUT2D eigenvalue weighted by Crippen LogP contribution is -2.38. The molecule has 0 amide bonds. The van der Waals surface area contributed by atoms with Crippen LogP contribution in [0.3, 0.4) is 0 Å². The molecule has 0 unspecified atom stereocenters. The number of fused-ring (bicyclic) bond motifs is 3. The largest absolute Gasteiger partial charge is 0.299 e. The zero-order valence-electron chi connectivity index (χ0n) is 8.22. The van der Waals surface area contributed by atoms with Gasteiger partial charge in [-0.1, -0.05) is 19.3 Å². The van der Waals surface area contributed by atoms with Crippen LogP contribution in [-0.4, -0.2) is 5.78 Å². The number of ketones is 1. The highest BCUT2D eigenvalue weighted by Gasteiger charge is 2.57. The van der Waals surface area contributed by atoms with E-state index in [0.29, 0.717) is 11.7 Å². The smallest absolute Gasteiger partial charge is 0.142 e. The molecule has 2 bridgehead atoms. The summed E-state index contributed by atoms with van der Waals surface area (Å²) >= 11 is 0. The highest BCUT2D eigenvalue weighted by atomic mass is 16.1. The van der Waals surface area contributed by atoms with E-state index >= 15 is 0 Å². The molecule has 0 heterocycles. The molecular formula is C12H18O. The predicted molar refractivity (Wildman–Crippen MR) is 51.4 cm³/mol. The van der Waals surface area contributed by atoms with Gasteiger partial charge in [0.2, 0.25) is 0 Å². The average molecular weight is 178 g/mol. The summed E-state index contributed by atoms with van der Waals surface area (Å²) in [6.07, 6.45) is 10.3. The molecule has 0 aromatic heterocycles. The molecule has 1 nitrogen and oxygen atoms in total. The van der Waals surface area contributed by atoms with Crippen molar-refractivity contribution < 1.29 is 4.79 Å². The fourth-order valence-electron chi connectivity index (χ4n) is 4.17. The molecular weight excluding hydrogens is 160 g/mol. The third-order valence-electron chi connectivity index (χ3n) is 4.82. The predicted octanol–water partition coefficient (Wildman–Crippen LogP) is 2.94. The van der Waals surface area contributed by atoms with Crippen molar-refractivity contribution in [1.82, 2.24) is 0 Å².